The summed E-state index contributed by atoms with van der Waals surface area (Å²) < 4.78 is 10.9. The zero-order chi connectivity index (χ0) is 14.4. The molecule has 4 nitrogen and oxygen atoms in total. The van der Waals surface area contributed by atoms with Crippen molar-refractivity contribution in [1.82, 2.24) is 0 Å². The number of ether oxygens (including phenoxy) is 2. The zero-order valence-corrected chi connectivity index (χ0v) is 13.0. The Balaban J connectivity index is 2.05. The summed E-state index contributed by atoms with van der Waals surface area (Å²) in [6, 6.07) is 15.2. The Bertz CT molecular complexity index is 580. The van der Waals surface area contributed by atoms with Gasteiger partial charge >= 0.3 is 126 Å². The molecule has 2 rings (SSSR count). The fraction of sp³-hybridized carbons (Fsp3) is 0.133. The van der Waals surface area contributed by atoms with Gasteiger partial charge in [-0.25, -0.2) is 0 Å². The molecule has 0 bridgehead atoms. The SMILES string of the molecule is COc1ccc(N=C([Se])Nc2ccc(OC)cc2)cc1. The van der Waals surface area contributed by atoms with E-state index in [2.05, 4.69) is 26.3 Å². The van der Waals surface area contributed by atoms with E-state index in [1.807, 2.05) is 48.5 Å². The first kappa shape index (κ1) is 14.4. The van der Waals surface area contributed by atoms with Gasteiger partial charge in [0.1, 0.15) is 0 Å². The van der Waals surface area contributed by atoms with Crippen molar-refractivity contribution in [2.75, 3.05) is 19.5 Å². The Morgan fingerprint density at radius 2 is 1.40 bits per heavy atom. The van der Waals surface area contributed by atoms with Crippen molar-refractivity contribution < 1.29 is 9.47 Å². The second-order valence-electron chi connectivity index (χ2n) is 3.97. The minimum absolute atomic E-state index is 0.695. The molecule has 0 heterocycles. The Morgan fingerprint density at radius 3 is 1.90 bits per heavy atom. The van der Waals surface area contributed by atoms with Crippen LogP contribution < -0.4 is 14.8 Å². The second-order valence-corrected chi connectivity index (χ2v) is 4.78. The average Bonchev–Trinajstić information content (AvgIpc) is 2.49. The average molecular weight is 334 g/mol. The molecule has 0 atom stereocenters. The number of amidine groups is 1. The Morgan fingerprint density at radius 1 is 0.900 bits per heavy atom. The van der Waals surface area contributed by atoms with Gasteiger partial charge in [-0.1, -0.05) is 0 Å². The molecule has 0 fully saturated rings. The van der Waals surface area contributed by atoms with Crippen molar-refractivity contribution >= 4 is 32.1 Å². The third-order valence-electron chi connectivity index (χ3n) is 2.64. The Labute approximate surface area is 126 Å². The standard InChI is InChI=1S/C15H15N2O2Se/c1-18-13-7-3-11(4-8-13)16-15(20)17-12-5-9-14(19-2)10-6-12/h3-10H,1-2H3,(H,16,17). The quantitative estimate of drug-likeness (QED) is 0.531. The van der Waals surface area contributed by atoms with Crippen molar-refractivity contribution in [3.05, 3.63) is 48.5 Å². The first-order valence-corrected chi connectivity index (χ1v) is 6.88. The summed E-state index contributed by atoms with van der Waals surface area (Å²) in [5.74, 6) is 1.64. The van der Waals surface area contributed by atoms with E-state index in [4.69, 9.17) is 9.47 Å². The molecule has 1 N–H and O–H groups in total. The Hall–Kier alpha value is -1.97. The third-order valence-corrected chi connectivity index (χ3v) is 3.05. The molecule has 0 aliphatic carbocycles. The summed E-state index contributed by atoms with van der Waals surface area (Å²) in [6.07, 6.45) is 0. The molecular formula is C15H15N2O2Se. The number of benzene rings is 2. The van der Waals surface area contributed by atoms with Crippen molar-refractivity contribution in [3.63, 3.8) is 0 Å². The van der Waals surface area contributed by atoms with E-state index in [0.717, 1.165) is 22.9 Å². The molecule has 0 aromatic heterocycles. The summed E-state index contributed by atoms with van der Waals surface area (Å²) in [6.45, 7) is 0. The van der Waals surface area contributed by atoms with Gasteiger partial charge in [-0.2, -0.15) is 0 Å². The molecule has 0 aliphatic heterocycles. The van der Waals surface area contributed by atoms with E-state index in [1.54, 1.807) is 14.2 Å². The van der Waals surface area contributed by atoms with Gasteiger partial charge in [-0.3, -0.25) is 0 Å². The van der Waals surface area contributed by atoms with Crippen LogP contribution in [0, 0.1) is 0 Å². The normalized spacial score (nSPS) is 11.0. The van der Waals surface area contributed by atoms with Crippen molar-refractivity contribution in [3.8, 4) is 11.5 Å². The summed E-state index contributed by atoms with van der Waals surface area (Å²) in [5, 5.41) is 3.18. The molecule has 2 aromatic rings. The molecule has 0 unspecified atom stereocenters. The van der Waals surface area contributed by atoms with Crippen LogP contribution in [0.25, 0.3) is 0 Å². The van der Waals surface area contributed by atoms with Crippen LogP contribution in [0.2, 0.25) is 0 Å². The summed E-state index contributed by atoms with van der Waals surface area (Å²) in [5.41, 5.74) is 1.79. The van der Waals surface area contributed by atoms with Crippen LogP contribution in [0.5, 0.6) is 11.5 Å². The van der Waals surface area contributed by atoms with Crippen LogP contribution in [0.15, 0.2) is 53.5 Å². The third kappa shape index (κ3) is 4.02. The van der Waals surface area contributed by atoms with E-state index < -0.39 is 0 Å². The predicted molar refractivity (Wildman–Crippen MR) is 82.5 cm³/mol. The number of hydrogen-bond acceptors (Lipinski definition) is 3. The number of aliphatic imine (C=N–C) groups is 1. The van der Waals surface area contributed by atoms with Crippen LogP contribution >= 0.6 is 0 Å². The summed E-state index contributed by atoms with van der Waals surface area (Å²) in [4.78, 5) is 4.44. The number of anilines is 1. The zero-order valence-electron chi connectivity index (χ0n) is 11.3. The van der Waals surface area contributed by atoms with Gasteiger partial charge in [0.05, 0.1) is 0 Å². The topological polar surface area (TPSA) is 42.8 Å². The first-order valence-electron chi connectivity index (χ1n) is 6.02. The first-order chi connectivity index (χ1) is 9.71. The number of rotatable bonds is 4. The molecule has 103 valence electrons. The fourth-order valence-corrected chi connectivity index (χ4v) is 2.07. The molecule has 0 saturated carbocycles. The van der Waals surface area contributed by atoms with Gasteiger partial charge in [0.2, 0.25) is 0 Å². The molecule has 0 amide bonds. The molecule has 2 aromatic carbocycles. The van der Waals surface area contributed by atoms with E-state index in [0.29, 0.717) is 4.73 Å². The minimum atomic E-state index is 0.695. The van der Waals surface area contributed by atoms with E-state index >= 15 is 0 Å². The maximum absolute atomic E-state index is 5.11. The van der Waals surface area contributed by atoms with E-state index in [9.17, 15) is 0 Å². The van der Waals surface area contributed by atoms with Crippen molar-refractivity contribution in [1.29, 1.82) is 0 Å². The van der Waals surface area contributed by atoms with Crippen LogP contribution in [0.4, 0.5) is 11.4 Å². The number of methoxy groups -OCH3 is 2. The summed E-state index contributed by atoms with van der Waals surface area (Å²) >= 11 is 2.91. The number of nitrogens with zero attached hydrogens (tertiary/aromatic N) is 1. The molecule has 20 heavy (non-hydrogen) atoms. The molecule has 5 heteroatoms. The second kappa shape index (κ2) is 6.98. The molecule has 0 spiro atoms. The van der Waals surface area contributed by atoms with Gasteiger partial charge in [0.15, 0.2) is 0 Å². The van der Waals surface area contributed by atoms with Gasteiger partial charge in [-0.05, 0) is 0 Å². The molecule has 0 aliphatic rings. The summed E-state index contributed by atoms with van der Waals surface area (Å²) in [7, 11) is 3.29. The van der Waals surface area contributed by atoms with E-state index in [1.165, 1.54) is 0 Å². The van der Waals surface area contributed by atoms with Crippen molar-refractivity contribution in [2.24, 2.45) is 4.99 Å². The van der Waals surface area contributed by atoms with Crippen molar-refractivity contribution in [2.45, 2.75) is 0 Å². The number of nitrogens with one attached hydrogen (secondary N) is 1. The van der Waals surface area contributed by atoms with Crippen LogP contribution in [0.1, 0.15) is 0 Å². The van der Waals surface area contributed by atoms with E-state index in [-0.39, 0.29) is 0 Å². The van der Waals surface area contributed by atoms with Gasteiger partial charge in [-0.15, -0.1) is 0 Å². The van der Waals surface area contributed by atoms with Gasteiger partial charge in [0, 0.05) is 0 Å². The maximum atomic E-state index is 5.11. The Kier molecular flexibility index (Phi) is 5.04. The molecular weight excluding hydrogens is 319 g/mol. The fourth-order valence-electron chi connectivity index (χ4n) is 1.60. The van der Waals surface area contributed by atoms with Gasteiger partial charge in [0.25, 0.3) is 0 Å². The van der Waals surface area contributed by atoms with Gasteiger partial charge < -0.3 is 0 Å². The van der Waals surface area contributed by atoms with Crippen LogP contribution in [0.3, 0.4) is 0 Å². The molecule has 0 saturated heterocycles. The van der Waals surface area contributed by atoms with Crippen LogP contribution in [-0.4, -0.2) is 35.0 Å². The predicted octanol–water partition coefficient (Wildman–Crippen LogP) is 2.97. The monoisotopic (exact) mass is 335 g/mol. The van der Waals surface area contributed by atoms with Crippen LogP contribution in [-0.2, 0) is 0 Å². The molecule has 1 radical (unpaired) electrons. The number of hydrogen-bond donors (Lipinski definition) is 1.